The topological polar surface area (TPSA) is 58.4 Å². The standard InChI is InChI=1S/C13H15Cl2N3OS/c14-8-1-4-10(15)11(7-8)17-13(19)18(9-2-3-9)6-5-12(16)20/h1,4,7,9H,2-3,5-6H2,(H2,16,20)(H,17,19). The van der Waals surface area contributed by atoms with Crippen LogP contribution in [-0.2, 0) is 0 Å². The monoisotopic (exact) mass is 331 g/mol. The Bertz CT molecular complexity index is 534. The fourth-order valence-electron chi connectivity index (χ4n) is 1.85. The number of rotatable bonds is 5. The number of nitrogens with two attached hydrogens (primary N) is 1. The lowest BCUT2D eigenvalue weighted by atomic mass is 10.3. The molecule has 4 nitrogen and oxygen atoms in total. The quantitative estimate of drug-likeness (QED) is 0.809. The molecule has 0 heterocycles. The van der Waals surface area contributed by atoms with E-state index in [1.54, 1.807) is 23.1 Å². The van der Waals surface area contributed by atoms with Crippen LogP contribution in [0, 0.1) is 0 Å². The fraction of sp³-hybridized carbons (Fsp3) is 0.385. The minimum atomic E-state index is -0.201. The van der Waals surface area contributed by atoms with Crippen LogP contribution in [0.4, 0.5) is 10.5 Å². The summed E-state index contributed by atoms with van der Waals surface area (Å²) >= 11 is 16.8. The normalized spacial score (nSPS) is 13.9. The maximum atomic E-state index is 12.3. The van der Waals surface area contributed by atoms with Crippen molar-refractivity contribution in [2.45, 2.75) is 25.3 Å². The first-order valence-corrected chi connectivity index (χ1v) is 7.45. The first-order valence-electron chi connectivity index (χ1n) is 6.28. The lowest BCUT2D eigenvalue weighted by Gasteiger charge is -2.23. The third-order valence-corrected chi connectivity index (χ3v) is 3.79. The van der Waals surface area contributed by atoms with Gasteiger partial charge in [0.1, 0.15) is 0 Å². The summed E-state index contributed by atoms with van der Waals surface area (Å²) < 4.78 is 0. The van der Waals surface area contributed by atoms with Crippen LogP contribution in [0.25, 0.3) is 0 Å². The molecule has 3 N–H and O–H groups in total. The van der Waals surface area contributed by atoms with E-state index < -0.39 is 0 Å². The van der Waals surface area contributed by atoms with Crippen LogP contribution in [0.5, 0.6) is 0 Å². The van der Waals surface area contributed by atoms with Gasteiger partial charge in [0.15, 0.2) is 0 Å². The Balaban J connectivity index is 2.04. The molecular weight excluding hydrogens is 317 g/mol. The zero-order valence-corrected chi connectivity index (χ0v) is 13.1. The van der Waals surface area contributed by atoms with E-state index in [4.69, 9.17) is 41.2 Å². The first-order chi connectivity index (χ1) is 9.47. The molecule has 0 saturated heterocycles. The van der Waals surface area contributed by atoms with Gasteiger partial charge in [0, 0.05) is 24.0 Å². The number of carbonyl (C=O) groups excluding carboxylic acids is 1. The average Bonchev–Trinajstić information content (AvgIpc) is 3.18. The SMILES string of the molecule is NC(=S)CCN(C(=O)Nc1cc(Cl)ccc1Cl)C1CC1. The van der Waals surface area contributed by atoms with Gasteiger partial charge in [0.25, 0.3) is 0 Å². The molecule has 0 aromatic heterocycles. The molecule has 108 valence electrons. The van der Waals surface area contributed by atoms with Gasteiger partial charge in [-0.25, -0.2) is 4.79 Å². The van der Waals surface area contributed by atoms with E-state index >= 15 is 0 Å². The smallest absolute Gasteiger partial charge is 0.322 e. The van der Waals surface area contributed by atoms with Crippen molar-refractivity contribution < 1.29 is 4.79 Å². The molecule has 0 bridgehead atoms. The van der Waals surface area contributed by atoms with Crippen molar-refractivity contribution in [3.05, 3.63) is 28.2 Å². The Morgan fingerprint density at radius 3 is 2.75 bits per heavy atom. The summed E-state index contributed by atoms with van der Waals surface area (Å²) in [5, 5.41) is 3.75. The maximum Gasteiger partial charge on any atom is 0.322 e. The second kappa shape index (κ2) is 6.61. The Hall–Kier alpha value is -1.04. The number of hydrogen-bond acceptors (Lipinski definition) is 2. The lowest BCUT2D eigenvalue weighted by molar-refractivity contribution is 0.210. The molecule has 0 radical (unpaired) electrons. The summed E-state index contributed by atoms with van der Waals surface area (Å²) in [5.41, 5.74) is 6.00. The summed E-state index contributed by atoms with van der Waals surface area (Å²) in [6.45, 7) is 0.518. The van der Waals surface area contributed by atoms with E-state index in [0.717, 1.165) is 12.8 Å². The van der Waals surface area contributed by atoms with Gasteiger partial charge in [-0.05, 0) is 31.0 Å². The summed E-state index contributed by atoms with van der Waals surface area (Å²) in [4.78, 5) is 14.5. The second-order valence-electron chi connectivity index (χ2n) is 4.70. The Kier molecular flexibility index (Phi) is 5.07. The molecule has 0 spiro atoms. The number of thiocarbonyl (C=S) groups is 1. The Morgan fingerprint density at radius 2 is 2.15 bits per heavy atom. The molecular formula is C13H15Cl2N3OS. The minimum absolute atomic E-state index is 0.201. The highest BCUT2D eigenvalue weighted by Crippen LogP contribution is 2.29. The summed E-state index contributed by atoms with van der Waals surface area (Å²) in [6, 6.07) is 5.01. The van der Waals surface area contributed by atoms with E-state index in [1.165, 1.54) is 0 Å². The van der Waals surface area contributed by atoms with E-state index in [0.29, 0.717) is 33.7 Å². The van der Waals surface area contributed by atoms with Crippen molar-refractivity contribution in [1.82, 2.24) is 4.90 Å². The fourth-order valence-corrected chi connectivity index (χ4v) is 2.28. The van der Waals surface area contributed by atoms with Crippen LogP contribution < -0.4 is 11.1 Å². The highest BCUT2D eigenvalue weighted by molar-refractivity contribution is 7.80. The van der Waals surface area contributed by atoms with Gasteiger partial charge in [-0.1, -0.05) is 35.4 Å². The molecule has 20 heavy (non-hydrogen) atoms. The molecule has 7 heteroatoms. The summed E-state index contributed by atoms with van der Waals surface area (Å²) in [7, 11) is 0. The van der Waals surface area contributed by atoms with Crippen LogP contribution in [0.1, 0.15) is 19.3 Å². The van der Waals surface area contributed by atoms with Gasteiger partial charge >= 0.3 is 6.03 Å². The highest BCUT2D eigenvalue weighted by Gasteiger charge is 2.32. The lowest BCUT2D eigenvalue weighted by Crippen LogP contribution is -2.38. The van der Waals surface area contributed by atoms with Crippen LogP contribution in [0.3, 0.4) is 0 Å². The molecule has 1 aliphatic carbocycles. The van der Waals surface area contributed by atoms with Gasteiger partial charge in [0.2, 0.25) is 0 Å². The summed E-state index contributed by atoms with van der Waals surface area (Å²) in [6.07, 6.45) is 2.53. The van der Waals surface area contributed by atoms with Crippen molar-refractivity contribution in [1.29, 1.82) is 0 Å². The number of urea groups is 1. The molecule has 2 rings (SSSR count). The van der Waals surface area contributed by atoms with Crippen LogP contribution >= 0.6 is 35.4 Å². The van der Waals surface area contributed by atoms with Crippen LogP contribution in [0.15, 0.2) is 18.2 Å². The number of nitrogens with one attached hydrogen (secondary N) is 1. The molecule has 1 aromatic carbocycles. The molecule has 0 unspecified atom stereocenters. The molecule has 1 aliphatic rings. The number of carbonyl (C=O) groups is 1. The summed E-state index contributed by atoms with van der Waals surface area (Å²) in [5.74, 6) is 0. The molecule has 0 aliphatic heterocycles. The molecule has 1 fully saturated rings. The third kappa shape index (κ3) is 4.23. The second-order valence-corrected chi connectivity index (χ2v) is 6.06. The largest absolute Gasteiger partial charge is 0.393 e. The Morgan fingerprint density at radius 1 is 1.45 bits per heavy atom. The highest BCUT2D eigenvalue weighted by atomic mass is 35.5. The van der Waals surface area contributed by atoms with Gasteiger partial charge in [-0.15, -0.1) is 0 Å². The molecule has 2 amide bonds. The number of amides is 2. The first kappa shape index (κ1) is 15.4. The van der Waals surface area contributed by atoms with E-state index in [9.17, 15) is 4.79 Å². The zero-order chi connectivity index (χ0) is 14.7. The third-order valence-electron chi connectivity index (χ3n) is 3.02. The van der Waals surface area contributed by atoms with E-state index in [-0.39, 0.29) is 12.1 Å². The number of benzene rings is 1. The van der Waals surface area contributed by atoms with Crippen LogP contribution in [-0.4, -0.2) is 28.5 Å². The zero-order valence-electron chi connectivity index (χ0n) is 10.7. The molecule has 0 atom stereocenters. The van der Waals surface area contributed by atoms with Gasteiger partial charge < -0.3 is 16.0 Å². The minimum Gasteiger partial charge on any atom is -0.393 e. The van der Waals surface area contributed by atoms with Crippen molar-refractivity contribution in [2.24, 2.45) is 5.73 Å². The van der Waals surface area contributed by atoms with Gasteiger partial charge in [-0.2, -0.15) is 0 Å². The predicted octanol–water partition coefficient (Wildman–Crippen LogP) is 3.67. The Labute approximate surface area is 133 Å². The maximum absolute atomic E-state index is 12.3. The number of hydrogen-bond donors (Lipinski definition) is 2. The predicted molar refractivity (Wildman–Crippen MR) is 86.6 cm³/mol. The van der Waals surface area contributed by atoms with Crippen molar-refractivity contribution in [3.8, 4) is 0 Å². The van der Waals surface area contributed by atoms with E-state index in [2.05, 4.69) is 5.32 Å². The average molecular weight is 332 g/mol. The van der Waals surface area contributed by atoms with Gasteiger partial charge in [-0.3, -0.25) is 0 Å². The number of anilines is 1. The number of halogens is 2. The molecule has 1 aromatic rings. The van der Waals surface area contributed by atoms with Crippen molar-refractivity contribution in [2.75, 3.05) is 11.9 Å². The van der Waals surface area contributed by atoms with Crippen LogP contribution in [0.2, 0.25) is 10.0 Å². The van der Waals surface area contributed by atoms with Gasteiger partial charge in [0.05, 0.1) is 15.7 Å². The van der Waals surface area contributed by atoms with E-state index in [1.807, 2.05) is 0 Å². The molecule has 1 saturated carbocycles. The van der Waals surface area contributed by atoms with Crippen molar-refractivity contribution >= 4 is 52.1 Å². The number of nitrogens with zero attached hydrogens (tertiary/aromatic N) is 1. The van der Waals surface area contributed by atoms with Crippen molar-refractivity contribution in [3.63, 3.8) is 0 Å².